The minimum Gasteiger partial charge on any atom is -0.463 e. The average Bonchev–Trinajstić information content (AvgIpc) is 2.28. The highest BCUT2D eigenvalue weighted by molar-refractivity contribution is 5.81. The molecule has 6 nitrogen and oxygen atoms in total. The van der Waals surface area contributed by atoms with Gasteiger partial charge in [0.05, 0.1) is 26.2 Å². The molecule has 0 aliphatic rings. The Bertz CT molecular complexity index is 225. The second kappa shape index (κ2) is 10.1. The molecule has 0 radical (unpaired) electrons. The molecule has 0 rings (SSSR count). The maximum Gasteiger partial charge on any atom is 0.330 e. The maximum atomic E-state index is 11.0. The second-order valence-corrected chi connectivity index (χ2v) is 2.68. The van der Waals surface area contributed by atoms with Crippen LogP contribution in [0.3, 0.4) is 0 Å². The Balaban J connectivity index is 3.31. The number of ether oxygens (including phenoxy) is 3. The number of hydrogen-bond acceptors (Lipinski definition) is 6. The number of rotatable bonds is 9. The van der Waals surface area contributed by atoms with E-state index in [0.29, 0.717) is 0 Å². The molecule has 0 aromatic carbocycles. The minimum absolute atomic E-state index is 0.000417. The molecule has 0 spiro atoms. The van der Waals surface area contributed by atoms with Crippen LogP contribution in [0.5, 0.6) is 0 Å². The lowest BCUT2D eigenvalue weighted by molar-refractivity contribution is -0.148. The standard InChI is InChI=1S/C10H16O6/c1-2-9(12)15-5-3-10(13)16-8-7-14-6-4-11/h2,11H,1,3-8H2. The van der Waals surface area contributed by atoms with Crippen LogP contribution in [-0.4, -0.2) is 50.1 Å². The molecule has 0 aromatic rings. The van der Waals surface area contributed by atoms with Crippen molar-refractivity contribution in [3.8, 4) is 0 Å². The van der Waals surface area contributed by atoms with Crippen LogP contribution < -0.4 is 0 Å². The van der Waals surface area contributed by atoms with Gasteiger partial charge in [-0.1, -0.05) is 6.58 Å². The molecular formula is C10H16O6. The predicted molar refractivity (Wildman–Crippen MR) is 54.6 cm³/mol. The van der Waals surface area contributed by atoms with Crippen molar-refractivity contribution < 1.29 is 28.9 Å². The van der Waals surface area contributed by atoms with E-state index in [1.165, 1.54) is 0 Å². The number of aliphatic hydroxyl groups is 1. The van der Waals surface area contributed by atoms with Crippen LogP contribution in [0.15, 0.2) is 12.7 Å². The molecule has 0 aliphatic carbocycles. The van der Waals surface area contributed by atoms with Gasteiger partial charge in [-0.15, -0.1) is 0 Å². The van der Waals surface area contributed by atoms with Crippen molar-refractivity contribution in [1.29, 1.82) is 0 Å². The third-order valence-corrected chi connectivity index (χ3v) is 1.44. The summed E-state index contributed by atoms with van der Waals surface area (Å²) < 4.78 is 14.2. The Labute approximate surface area is 93.8 Å². The Morgan fingerprint density at radius 2 is 1.88 bits per heavy atom. The molecule has 92 valence electrons. The molecule has 0 unspecified atom stereocenters. The Kier molecular flexibility index (Phi) is 9.24. The SMILES string of the molecule is C=CC(=O)OCCC(=O)OCCOCCO. The molecule has 0 amide bonds. The van der Waals surface area contributed by atoms with Gasteiger partial charge in [0.15, 0.2) is 0 Å². The molecule has 0 saturated heterocycles. The fourth-order valence-electron chi connectivity index (χ4n) is 0.747. The lowest BCUT2D eigenvalue weighted by Gasteiger charge is -2.05. The van der Waals surface area contributed by atoms with Crippen molar-refractivity contribution in [2.75, 3.05) is 33.0 Å². The second-order valence-electron chi connectivity index (χ2n) is 2.68. The summed E-state index contributed by atoms with van der Waals surface area (Å²) in [5.41, 5.74) is 0. The van der Waals surface area contributed by atoms with Crippen LogP contribution in [0.4, 0.5) is 0 Å². The van der Waals surface area contributed by atoms with Crippen molar-refractivity contribution in [1.82, 2.24) is 0 Å². The van der Waals surface area contributed by atoms with E-state index in [1.807, 2.05) is 0 Å². The number of aliphatic hydroxyl groups excluding tert-OH is 1. The lowest BCUT2D eigenvalue weighted by Crippen LogP contribution is -2.14. The molecule has 0 heterocycles. The van der Waals surface area contributed by atoms with Gasteiger partial charge in [0.2, 0.25) is 0 Å². The highest BCUT2D eigenvalue weighted by Gasteiger charge is 2.04. The normalized spacial score (nSPS) is 9.56. The fourth-order valence-corrected chi connectivity index (χ4v) is 0.747. The molecule has 0 aliphatic heterocycles. The molecule has 0 fully saturated rings. The van der Waals surface area contributed by atoms with E-state index in [1.54, 1.807) is 0 Å². The van der Waals surface area contributed by atoms with Crippen LogP contribution in [0, 0.1) is 0 Å². The van der Waals surface area contributed by atoms with Crippen molar-refractivity contribution in [2.24, 2.45) is 0 Å². The van der Waals surface area contributed by atoms with Crippen LogP contribution in [0.1, 0.15) is 6.42 Å². The van der Waals surface area contributed by atoms with Crippen LogP contribution in [0.2, 0.25) is 0 Å². The van der Waals surface area contributed by atoms with Crippen molar-refractivity contribution in [2.45, 2.75) is 6.42 Å². The highest BCUT2D eigenvalue weighted by atomic mass is 16.6. The van der Waals surface area contributed by atoms with Gasteiger partial charge >= 0.3 is 11.9 Å². The van der Waals surface area contributed by atoms with E-state index in [-0.39, 0.29) is 39.5 Å². The van der Waals surface area contributed by atoms with Gasteiger partial charge in [0.1, 0.15) is 13.2 Å². The van der Waals surface area contributed by atoms with Crippen LogP contribution in [-0.2, 0) is 23.8 Å². The van der Waals surface area contributed by atoms with E-state index in [2.05, 4.69) is 11.3 Å². The van der Waals surface area contributed by atoms with Gasteiger partial charge < -0.3 is 19.3 Å². The van der Waals surface area contributed by atoms with E-state index in [9.17, 15) is 9.59 Å². The summed E-state index contributed by atoms with van der Waals surface area (Å²) >= 11 is 0. The van der Waals surface area contributed by atoms with Gasteiger partial charge in [0, 0.05) is 6.08 Å². The van der Waals surface area contributed by atoms with Crippen LogP contribution in [0.25, 0.3) is 0 Å². The molecule has 0 aromatic heterocycles. The summed E-state index contributed by atoms with van der Waals surface area (Å²) in [5, 5.41) is 8.38. The number of carbonyl (C=O) groups excluding carboxylic acids is 2. The fraction of sp³-hybridized carbons (Fsp3) is 0.600. The maximum absolute atomic E-state index is 11.0. The molecule has 0 atom stereocenters. The van der Waals surface area contributed by atoms with Gasteiger partial charge in [-0.2, -0.15) is 0 Å². The van der Waals surface area contributed by atoms with Gasteiger partial charge in [-0.05, 0) is 0 Å². The smallest absolute Gasteiger partial charge is 0.330 e. The first-order valence-corrected chi connectivity index (χ1v) is 4.84. The minimum atomic E-state index is -0.570. The number of esters is 2. The summed E-state index contributed by atoms with van der Waals surface area (Å²) in [6, 6.07) is 0. The average molecular weight is 232 g/mol. The summed E-state index contributed by atoms with van der Waals surface area (Å²) in [4.78, 5) is 21.6. The number of hydrogen-bond donors (Lipinski definition) is 1. The quantitative estimate of drug-likeness (QED) is 0.332. The van der Waals surface area contributed by atoms with Gasteiger partial charge in [0.25, 0.3) is 0 Å². The Morgan fingerprint density at radius 1 is 1.12 bits per heavy atom. The first kappa shape index (κ1) is 14.6. The zero-order valence-electron chi connectivity index (χ0n) is 9.02. The Morgan fingerprint density at radius 3 is 2.50 bits per heavy atom. The molecule has 0 saturated carbocycles. The summed E-state index contributed by atoms with van der Waals surface area (Å²) in [7, 11) is 0. The first-order chi connectivity index (χ1) is 7.70. The monoisotopic (exact) mass is 232 g/mol. The zero-order valence-corrected chi connectivity index (χ0v) is 9.02. The summed E-state index contributed by atoms with van der Waals surface area (Å²) in [6.45, 7) is 3.69. The van der Waals surface area contributed by atoms with Crippen molar-refractivity contribution in [3.63, 3.8) is 0 Å². The molecule has 0 bridgehead atoms. The van der Waals surface area contributed by atoms with Crippen molar-refractivity contribution in [3.05, 3.63) is 12.7 Å². The largest absolute Gasteiger partial charge is 0.463 e. The molecule has 6 heteroatoms. The van der Waals surface area contributed by atoms with Gasteiger partial charge in [-0.3, -0.25) is 4.79 Å². The Hall–Kier alpha value is -1.40. The van der Waals surface area contributed by atoms with E-state index < -0.39 is 11.9 Å². The van der Waals surface area contributed by atoms with E-state index >= 15 is 0 Å². The first-order valence-electron chi connectivity index (χ1n) is 4.84. The highest BCUT2D eigenvalue weighted by Crippen LogP contribution is 1.90. The number of carbonyl (C=O) groups is 2. The van der Waals surface area contributed by atoms with E-state index in [4.69, 9.17) is 14.6 Å². The summed E-state index contributed by atoms with van der Waals surface area (Å²) in [6.07, 6.45) is 1.02. The third kappa shape index (κ3) is 9.17. The molecule has 16 heavy (non-hydrogen) atoms. The van der Waals surface area contributed by atoms with Crippen LogP contribution >= 0.6 is 0 Å². The lowest BCUT2D eigenvalue weighted by atomic mass is 10.4. The predicted octanol–water partition coefficient (Wildman–Crippen LogP) is -0.342. The van der Waals surface area contributed by atoms with Crippen molar-refractivity contribution >= 4 is 11.9 Å². The van der Waals surface area contributed by atoms with Gasteiger partial charge in [-0.25, -0.2) is 4.79 Å². The zero-order chi connectivity index (χ0) is 12.2. The molecular weight excluding hydrogens is 216 g/mol. The van der Waals surface area contributed by atoms with E-state index in [0.717, 1.165) is 6.08 Å². The summed E-state index contributed by atoms with van der Waals surface area (Å²) in [5.74, 6) is -1.04. The third-order valence-electron chi connectivity index (χ3n) is 1.44. The topological polar surface area (TPSA) is 82.1 Å². The molecule has 1 N–H and O–H groups in total.